The molecule has 6 nitrogen and oxygen atoms in total. The van der Waals surface area contributed by atoms with Gasteiger partial charge in [-0.15, -0.1) is 0 Å². The summed E-state index contributed by atoms with van der Waals surface area (Å²) in [6.45, 7) is 3.21. The number of benzene rings is 1. The number of rotatable bonds is 2. The Morgan fingerprint density at radius 2 is 2.33 bits per heavy atom. The first-order chi connectivity index (χ1) is 10.2. The van der Waals surface area contributed by atoms with Gasteiger partial charge in [-0.05, 0) is 24.6 Å². The number of nitrogens with zero attached hydrogens (tertiary/aromatic N) is 3. The fraction of sp³-hybridized carbons (Fsp3) is 0.357. The Balaban J connectivity index is 1.89. The monoisotopic (exact) mass is 307 g/mol. The van der Waals surface area contributed by atoms with Crippen LogP contribution in [0.1, 0.15) is 27.8 Å². The van der Waals surface area contributed by atoms with Crippen LogP contribution in [0.15, 0.2) is 29.1 Å². The van der Waals surface area contributed by atoms with Crippen molar-refractivity contribution in [1.82, 2.24) is 15.0 Å². The highest BCUT2D eigenvalue weighted by Gasteiger charge is 2.32. The van der Waals surface area contributed by atoms with E-state index in [4.69, 9.17) is 20.9 Å². The number of amides is 1. The van der Waals surface area contributed by atoms with Crippen molar-refractivity contribution in [3.05, 3.63) is 46.6 Å². The molecule has 0 radical (unpaired) electrons. The normalized spacial score (nSPS) is 18.8. The molecule has 1 aromatic carbocycles. The molecule has 1 fully saturated rings. The fourth-order valence-electron chi connectivity index (χ4n) is 2.28. The van der Waals surface area contributed by atoms with Gasteiger partial charge in [-0.25, -0.2) is 0 Å². The molecule has 0 unspecified atom stereocenters. The number of aromatic nitrogens is 2. The first-order valence-corrected chi connectivity index (χ1v) is 6.96. The van der Waals surface area contributed by atoms with Gasteiger partial charge in [0.05, 0.1) is 13.2 Å². The molecule has 1 aliphatic heterocycles. The zero-order valence-corrected chi connectivity index (χ0v) is 12.2. The van der Waals surface area contributed by atoms with E-state index in [9.17, 15) is 4.79 Å². The van der Waals surface area contributed by atoms with Crippen molar-refractivity contribution >= 4 is 17.5 Å². The lowest BCUT2D eigenvalue weighted by atomic mass is 10.1. The predicted molar refractivity (Wildman–Crippen MR) is 75.1 cm³/mol. The Kier molecular flexibility index (Phi) is 3.90. The molecular formula is C14H14ClN3O3. The summed E-state index contributed by atoms with van der Waals surface area (Å²) in [4.78, 5) is 18.4. The molecule has 21 heavy (non-hydrogen) atoms. The number of morpholine rings is 1. The van der Waals surface area contributed by atoms with E-state index in [0.29, 0.717) is 36.2 Å². The quantitative estimate of drug-likeness (QED) is 0.851. The van der Waals surface area contributed by atoms with Gasteiger partial charge in [0.2, 0.25) is 6.39 Å². The topological polar surface area (TPSA) is 68.5 Å². The van der Waals surface area contributed by atoms with Gasteiger partial charge in [0, 0.05) is 17.1 Å². The molecule has 1 amide bonds. The second-order valence-corrected chi connectivity index (χ2v) is 5.25. The third-order valence-electron chi connectivity index (χ3n) is 3.48. The fourth-order valence-corrected chi connectivity index (χ4v) is 2.46. The van der Waals surface area contributed by atoms with E-state index >= 15 is 0 Å². The van der Waals surface area contributed by atoms with E-state index < -0.39 is 0 Å². The molecule has 1 aromatic heterocycles. The highest BCUT2D eigenvalue weighted by Crippen LogP contribution is 2.25. The van der Waals surface area contributed by atoms with Crippen LogP contribution in [-0.2, 0) is 4.74 Å². The molecule has 1 aliphatic rings. The van der Waals surface area contributed by atoms with Crippen LogP contribution in [0, 0.1) is 6.92 Å². The summed E-state index contributed by atoms with van der Waals surface area (Å²) in [6.07, 6.45) is 1.25. The average Bonchev–Trinajstić information content (AvgIpc) is 3.03. The highest BCUT2D eigenvalue weighted by atomic mass is 35.5. The number of hydrogen-bond acceptors (Lipinski definition) is 5. The number of hydrogen-bond donors (Lipinski definition) is 0. The standard InChI is InChI=1S/C14H14ClN3O3/c1-9-2-3-10(6-11(9)15)14(19)18-4-5-20-7-12(18)13-16-8-21-17-13/h2-3,6,8,12H,4-5,7H2,1H3/t12-/m0/s1. The molecule has 2 aromatic rings. The summed E-state index contributed by atoms with van der Waals surface area (Å²) >= 11 is 6.10. The predicted octanol–water partition coefficient (Wildman–Crippen LogP) is 2.25. The van der Waals surface area contributed by atoms with Crippen LogP contribution in [0.2, 0.25) is 5.02 Å². The van der Waals surface area contributed by atoms with Gasteiger partial charge in [0.1, 0.15) is 6.04 Å². The van der Waals surface area contributed by atoms with Crippen LogP contribution in [0.4, 0.5) is 0 Å². The zero-order valence-electron chi connectivity index (χ0n) is 11.5. The minimum Gasteiger partial charge on any atom is -0.377 e. The summed E-state index contributed by atoms with van der Waals surface area (Å²) in [5.41, 5.74) is 1.48. The van der Waals surface area contributed by atoms with E-state index in [1.165, 1.54) is 6.39 Å². The van der Waals surface area contributed by atoms with Crippen LogP contribution in [0.5, 0.6) is 0 Å². The molecule has 0 spiro atoms. The maximum atomic E-state index is 12.7. The summed E-state index contributed by atoms with van der Waals surface area (Å²) in [7, 11) is 0. The number of halogens is 1. The summed E-state index contributed by atoms with van der Waals surface area (Å²) in [5.74, 6) is 0.330. The second kappa shape index (κ2) is 5.83. The van der Waals surface area contributed by atoms with Crippen LogP contribution in [0.25, 0.3) is 0 Å². The largest absolute Gasteiger partial charge is 0.377 e. The molecule has 0 bridgehead atoms. The number of carbonyl (C=O) groups excluding carboxylic acids is 1. The van der Waals surface area contributed by atoms with Crippen molar-refractivity contribution < 1.29 is 14.1 Å². The van der Waals surface area contributed by atoms with Crippen molar-refractivity contribution in [2.45, 2.75) is 13.0 Å². The Bertz CT molecular complexity index is 645. The van der Waals surface area contributed by atoms with E-state index in [-0.39, 0.29) is 11.9 Å². The van der Waals surface area contributed by atoms with Gasteiger partial charge in [-0.1, -0.05) is 22.8 Å². The molecule has 3 rings (SSSR count). The number of aryl methyl sites for hydroxylation is 1. The van der Waals surface area contributed by atoms with Crippen molar-refractivity contribution in [1.29, 1.82) is 0 Å². The van der Waals surface area contributed by atoms with E-state index in [1.54, 1.807) is 17.0 Å². The second-order valence-electron chi connectivity index (χ2n) is 4.84. The minimum absolute atomic E-state index is 0.116. The van der Waals surface area contributed by atoms with E-state index in [2.05, 4.69) is 10.1 Å². The minimum atomic E-state index is -0.343. The van der Waals surface area contributed by atoms with E-state index in [0.717, 1.165) is 5.56 Å². The van der Waals surface area contributed by atoms with Crippen LogP contribution in [-0.4, -0.2) is 40.7 Å². The van der Waals surface area contributed by atoms with Crippen LogP contribution >= 0.6 is 11.6 Å². The Labute approximate surface area is 126 Å². The Morgan fingerprint density at radius 1 is 1.48 bits per heavy atom. The van der Waals surface area contributed by atoms with Crippen molar-refractivity contribution in [3.8, 4) is 0 Å². The summed E-state index contributed by atoms with van der Waals surface area (Å²) < 4.78 is 10.2. The smallest absolute Gasteiger partial charge is 0.254 e. The maximum Gasteiger partial charge on any atom is 0.254 e. The molecule has 2 heterocycles. The molecule has 110 valence electrons. The average molecular weight is 308 g/mol. The van der Waals surface area contributed by atoms with Gasteiger partial charge in [0.25, 0.3) is 5.91 Å². The SMILES string of the molecule is Cc1ccc(C(=O)N2CCOC[C@H]2c2ncon2)cc1Cl. The molecule has 0 saturated carbocycles. The first-order valence-electron chi connectivity index (χ1n) is 6.58. The van der Waals surface area contributed by atoms with Crippen molar-refractivity contribution in [2.75, 3.05) is 19.8 Å². The highest BCUT2D eigenvalue weighted by molar-refractivity contribution is 6.31. The zero-order chi connectivity index (χ0) is 14.8. The third kappa shape index (κ3) is 2.77. The molecular weight excluding hydrogens is 294 g/mol. The summed E-state index contributed by atoms with van der Waals surface area (Å²) in [5, 5.41) is 4.39. The van der Waals surface area contributed by atoms with Gasteiger partial charge in [-0.3, -0.25) is 4.79 Å². The lowest BCUT2D eigenvalue weighted by molar-refractivity contribution is -0.00576. The number of ether oxygens (including phenoxy) is 1. The lowest BCUT2D eigenvalue weighted by Gasteiger charge is -2.33. The maximum absolute atomic E-state index is 12.7. The van der Waals surface area contributed by atoms with Gasteiger partial charge in [0.15, 0.2) is 5.82 Å². The molecule has 1 atom stereocenters. The van der Waals surface area contributed by atoms with Crippen molar-refractivity contribution in [2.24, 2.45) is 0 Å². The van der Waals surface area contributed by atoms with Gasteiger partial charge >= 0.3 is 0 Å². The Morgan fingerprint density at radius 3 is 3.05 bits per heavy atom. The third-order valence-corrected chi connectivity index (χ3v) is 3.89. The molecule has 7 heteroatoms. The van der Waals surface area contributed by atoms with Crippen molar-refractivity contribution in [3.63, 3.8) is 0 Å². The van der Waals surface area contributed by atoms with Gasteiger partial charge in [-0.2, -0.15) is 4.98 Å². The Hall–Kier alpha value is -1.92. The molecule has 0 aliphatic carbocycles. The van der Waals surface area contributed by atoms with Crippen LogP contribution < -0.4 is 0 Å². The van der Waals surface area contributed by atoms with Crippen LogP contribution in [0.3, 0.4) is 0 Å². The first kappa shape index (κ1) is 14.0. The molecule has 0 N–H and O–H groups in total. The molecule has 1 saturated heterocycles. The van der Waals surface area contributed by atoms with E-state index in [1.807, 2.05) is 13.0 Å². The summed E-state index contributed by atoms with van der Waals surface area (Å²) in [6, 6.07) is 4.94. The number of carbonyl (C=O) groups is 1. The van der Waals surface area contributed by atoms with Gasteiger partial charge < -0.3 is 14.2 Å². The lowest BCUT2D eigenvalue weighted by Crippen LogP contribution is -2.43.